The molecule has 0 fully saturated rings. The van der Waals surface area contributed by atoms with Crippen LogP contribution in [0.25, 0.3) is 0 Å². The smallest absolute Gasteiger partial charge is 0.227 e. The number of anilines is 1. The Labute approximate surface area is 118 Å². The van der Waals surface area contributed by atoms with Gasteiger partial charge in [0.15, 0.2) is 0 Å². The molecule has 0 saturated heterocycles. The lowest BCUT2D eigenvalue weighted by molar-refractivity contribution is 0.455. The number of nitrogens with zero attached hydrogens (tertiary/aromatic N) is 3. The monoisotopic (exact) mass is 268 g/mol. The maximum absolute atomic E-state index is 8.91. The summed E-state index contributed by atoms with van der Waals surface area (Å²) in [4.78, 5) is 8.78. The predicted octanol–water partition coefficient (Wildman–Crippen LogP) is 3.05. The minimum absolute atomic E-state index is 0.510. The number of hydrogen-bond acceptors (Lipinski definition) is 5. The van der Waals surface area contributed by atoms with Crippen molar-refractivity contribution in [1.29, 1.82) is 5.26 Å². The minimum Gasteiger partial charge on any atom is -0.439 e. The number of benzene rings is 1. The quantitative estimate of drug-likeness (QED) is 0.922. The van der Waals surface area contributed by atoms with Crippen LogP contribution in [0.4, 0.5) is 5.82 Å². The summed E-state index contributed by atoms with van der Waals surface area (Å²) in [6.07, 6.45) is 0.726. The molecule has 0 unspecified atom stereocenters. The maximum Gasteiger partial charge on any atom is 0.227 e. The van der Waals surface area contributed by atoms with Crippen LogP contribution >= 0.6 is 0 Å². The largest absolute Gasteiger partial charge is 0.439 e. The first-order valence-electron chi connectivity index (χ1n) is 6.41. The normalized spacial score (nSPS) is 9.90. The van der Waals surface area contributed by atoms with Crippen molar-refractivity contribution in [3.8, 4) is 17.7 Å². The van der Waals surface area contributed by atoms with Crippen molar-refractivity contribution in [2.45, 2.75) is 20.3 Å². The molecule has 0 atom stereocenters. The van der Waals surface area contributed by atoms with E-state index >= 15 is 0 Å². The highest BCUT2D eigenvalue weighted by atomic mass is 16.5. The van der Waals surface area contributed by atoms with Gasteiger partial charge in [0.2, 0.25) is 5.88 Å². The molecular weight excluding hydrogens is 252 g/mol. The summed E-state index contributed by atoms with van der Waals surface area (Å²) in [5, 5.41) is 11.9. The molecule has 0 amide bonds. The van der Waals surface area contributed by atoms with Gasteiger partial charge in [-0.15, -0.1) is 0 Å². The molecule has 20 heavy (non-hydrogen) atoms. The van der Waals surface area contributed by atoms with E-state index in [9.17, 15) is 0 Å². The van der Waals surface area contributed by atoms with Gasteiger partial charge in [0.25, 0.3) is 0 Å². The number of ether oxygens (including phenoxy) is 1. The van der Waals surface area contributed by atoms with Crippen molar-refractivity contribution in [1.82, 2.24) is 9.97 Å². The standard InChI is InChI=1S/C15H16N4O/c1-4-13-18-14(17-3)10(2)15(19-13)20-12-7-5-6-11(8-12)9-16/h5-8H,4H2,1-3H3,(H,17,18,19). The molecule has 0 bridgehead atoms. The third kappa shape index (κ3) is 2.86. The third-order valence-electron chi connectivity index (χ3n) is 2.88. The first-order valence-corrected chi connectivity index (χ1v) is 6.41. The number of nitriles is 1. The van der Waals surface area contributed by atoms with E-state index in [1.807, 2.05) is 20.9 Å². The summed E-state index contributed by atoms with van der Waals surface area (Å²) in [6, 6.07) is 9.09. The maximum atomic E-state index is 8.91. The number of hydrogen-bond donors (Lipinski definition) is 1. The van der Waals surface area contributed by atoms with Crippen molar-refractivity contribution in [3.05, 3.63) is 41.2 Å². The van der Waals surface area contributed by atoms with Gasteiger partial charge in [0.1, 0.15) is 17.4 Å². The van der Waals surface area contributed by atoms with Gasteiger partial charge >= 0.3 is 0 Å². The highest BCUT2D eigenvalue weighted by Crippen LogP contribution is 2.27. The van der Waals surface area contributed by atoms with Gasteiger partial charge in [0, 0.05) is 13.5 Å². The van der Waals surface area contributed by atoms with Gasteiger partial charge in [0.05, 0.1) is 17.2 Å². The Hall–Kier alpha value is -2.61. The lowest BCUT2D eigenvalue weighted by Gasteiger charge is -2.12. The third-order valence-corrected chi connectivity index (χ3v) is 2.88. The molecule has 0 spiro atoms. The van der Waals surface area contributed by atoms with E-state index < -0.39 is 0 Å². The average molecular weight is 268 g/mol. The van der Waals surface area contributed by atoms with E-state index in [1.54, 1.807) is 24.3 Å². The average Bonchev–Trinajstić information content (AvgIpc) is 2.49. The SMILES string of the molecule is CCc1nc(NC)c(C)c(Oc2cccc(C#N)c2)n1. The van der Waals surface area contributed by atoms with Crippen LogP contribution in [-0.4, -0.2) is 17.0 Å². The van der Waals surface area contributed by atoms with Gasteiger partial charge in [-0.05, 0) is 25.1 Å². The van der Waals surface area contributed by atoms with E-state index in [-0.39, 0.29) is 0 Å². The number of rotatable bonds is 4. The van der Waals surface area contributed by atoms with Crippen LogP contribution in [0, 0.1) is 18.3 Å². The summed E-state index contributed by atoms with van der Waals surface area (Å²) in [6.45, 7) is 3.89. The first kappa shape index (κ1) is 13.8. The lowest BCUT2D eigenvalue weighted by atomic mass is 10.2. The van der Waals surface area contributed by atoms with E-state index in [2.05, 4.69) is 21.4 Å². The van der Waals surface area contributed by atoms with Crippen LogP contribution in [0.5, 0.6) is 11.6 Å². The molecule has 0 saturated carbocycles. The Kier molecular flexibility index (Phi) is 4.16. The Bertz CT molecular complexity index is 661. The van der Waals surface area contributed by atoms with Crippen LogP contribution < -0.4 is 10.1 Å². The highest BCUT2D eigenvalue weighted by Gasteiger charge is 2.11. The zero-order valence-electron chi connectivity index (χ0n) is 11.8. The summed E-state index contributed by atoms with van der Waals surface area (Å²) in [7, 11) is 1.81. The molecule has 0 aliphatic carbocycles. The Morgan fingerprint density at radius 1 is 1.35 bits per heavy atom. The predicted molar refractivity (Wildman–Crippen MR) is 76.9 cm³/mol. The van der Waals surface area contributed by atoms with Crippen molar-refractivity contribution < 1.29 is 4.74 Å². The molecule has 2 aromatic rings. The van der Waals surface area contributed by atoms with Crippen LogP contribution in [0.2, 0.25) is 0 Å². The van der Waals surface area contributed by atoms with Gasteiger partial charge in [-0.1, -0.05) is 13.0 Å². The highest BCUT2D eigenvalue weighted by molar-refractivity contribution is 5.49. The number of nitrogens with one attached hydrogen (secondary N) is 1. The molecule has 2 rings (SSSR count). The molecule has 102 valence electrons. The van der Waals surface area contributed by atoms with Gasteiger partial charge in [-0.25, -0.2) is 4.98 Å². The van der Waals surface area contributed by atoms with Gasteiger partial charge in [-0.2, -0.15) is 10.2 Å². The van der Waals surface area contributed by atoms with Crippen molar-refractivity contribution in [2.75, 3.05) is 12.4 Å². The van der Waals surface area contributed by atoms with E-state index in [4.69, 9.17) is 10.00 Å². The molecule has 5 nitrogen and oxygen atoms in total. The van der Waals surface area contributed by atoms with Crippen LogP contribution in [0.3, 0.4) is 0 Å². The molecule has 0 radical (unpaired) electrons. The van der Waals surface area contributed by atoms with Crippen molar-refractivity contribution in [3.63, 3.8) is 0 Å². The van der Waals surface area contributed by atoms with Gasteiger partial charge in [-0.3, -0.25) is 0 Å². The lowest BCUT2D eigenvalue weighted by Crippen LogP contribution is -2.04. The van der Waals surface area contributed by atoms with E-state index in [1.165, 1.54) is 0 Å². The van der Waals surface area contributed by atoms with Crippen molar-refractivity contribution in [2.24, 2.45) is 0 Å². The molecule has 1 heterocycles. The number of aromatic nitrogens is 2. The van der Waals surface area contributed by atoms with Gasteiger partial charge < -0.3 is 10.1 Å². The van der Waals surface area contributed by atoms with Crippen LogP contribution in [-0.2, 0) is 6.42 Å². The second-order valence-corrected chi connectivity index (χ2v) is 4.26. The van der Waals surface area contributed by atoms with E-state index in [0.717, 1.165) is 17.8 Å². The Morgan fingerprint density at radius 2 is 2.15 bits per heavy atom. The molecule has 1 aromatic heterocycles. The molecule has 5 heteroatoms. The van der Waals surface area contributed by atoms with E-state index in [0.29, 0.717) is 23.0 Å². The number of aryl methyl sites for hydroxylation is 1. The summed E-state index contributed by atoms with van der Waals surface area (Å²) in [5.41, 5.74) is 1.39. The molecule has 0 aliphatic heterocycles. The second-order valence-electron chi connectivity index (χ2n) is 4.26. The van der Waals surface area contributed by atoms with Crippen LogP contribution in [0.15, 0.2) is 24.3 Å². The summed E-state index contributed by atoms with van der Waals surface area (Å²) >= 11 is 0. The fraction of sp³-hybridized carbons (Fsp3) is 0.267. The molecular formula is C15H16N4O. The first-order chi connectivity index (χ1) is 9.67. The summed E-state index contributed by atoms with van der Waals surface area (Å²) < 4.78 is 5.79. The zero-order valence-corrected chi connectivity index (χ0v) is 11.8. The summed E-state index contributed by atoms with van der Waals surface area (Å²) in [5.74, 6) is 2.57. The zero-order chi connectivity index (χ0) is 14.5. The fourth-order valence-corrected chi connectivity index (χ4v) is 1.78. The topological polar surface area (TPSA) is 70.8 Å². The molecule has 0 aliphatic rings. The Morgan fingerprint density at radius 3 is 2.80 bits per heavy atom. The van der Waals surface area contributed by atoms with Crippen molar-refractivity contribution >= 4 is 5.82 Å². The minimum atomic E-state index is 0.510. The second kappa shape index (κ2) is 6.02. The molecule has 1 N–H and O–H groups in total. The molecule has 1 aromatic carbocycles. The van der Waals surface area contributed by atoms with Crippen LogP contribution in [0.1, 0.15) is 23.9 Å². The Balaban J connectivity index is 2.39. The fourth-order valence-electron chi connectivity index (χ4n) is 1.78.